The van der Waals surface area contributed by atoms with Crippen LogP contribution in [0, 0.1) is 0 Å². The van der Waals surface area contributed by atoms with Gasteiger partial charge in [-0.15, -0.1) is 23.1 Å². The second-order valence-corrected chi connectivity index (χ2v) is 6.39. The zero-order valence-electron chi connectivity index (χ0n) is 9.50. The first-order valence-corrected chi connectivity index (χ1v) is 7.26. The fourth-order valence-corrected chi connectivity index (χ4v) is 4.23. The van der Waals surface area contributed by atoms with Gasteiger partial charge >= 0.3 is 0 Å². The smallest absolute Gasteiger partial charge is 0.263 e. The number of hydrogen-bond donors (Lipinski definition) is 2. The first kappa shape index (κ1) is 11.8. The molecule has 2 rings (SSSR count). The van der Waals surface area contributed by atoms with Crippen molar-refractivity contribution in [2.75, 3.05) is 18.5 Å². The Morgan fingerprint density at radius 1 is 1.62 bits per heavy atom. The van der Waals surface area contributed by atoms with Gasteiger partial charge in [-0.05, 0) is 24.5 Å². The molecule has 1 saturated carbocycles. The van der Waals surface area contributed by atoms with Crippen molar-refractivity contribution < 1.29 is 4.79 Å². The number of carbonyl (C=O) groups excluding carboxylic acids is 1. The Morgan fingerprint density at radius 3 is 2.81 bits per heavy atom. The highest BCUT2D eigenvalue weighted by atomic mass is 32.2. The number of thiophene rings is 1. The summed E-state index contributed by atoms with van der Waals surface area (Å²) in [4.78, 5) is 12.3. The molecule has 0 saturated heterocycles. The van der Waals surface area contributed by atoms with E-state index in [1.807, 2.05) is 0 Å². The van der Waals surface area contributed by atoms with E-state index in [-0.39, 0.29) is 5.91 Å². The second-order valence-electron chi connectivity index (χ2n) is 3.83. The first-order chi connectivity index (χ1) is 7.69. The minimum atomic E-state index is -0.0626. The molecule has 1 fully saturated rings. The van der Waals surface area contributed by atoms with E-state index in [1.165, 1.54) is 34.0 Å². The van der Waals surface area contributed by atoms with Crippen LogP contribution in [0.1, 0.15) is 40.9 Å². The Morgan fingerprint density at radius 2 is 2.31 bits per heavy atom. The third-order valence-electron chi connectivity index (χ3n) is 2.64. The lowest BCUT2D eigenvalue weighted by molar-refractivity contribution is 0.0968. The van der Waals surface area contributed by atoms with Crippen molar-refractivity contribution >= 4 is 34.7 Å². The SMILES string of the molecule is CCSc1sc(C(=O)NC)c(N)c1C1CC1. The Kier molecular flexibility index (Phi) is 3.44. The molecule has 3 N–H and O–H groups in total. The van der Waals surface area contributed by atoms with Gasteiger partial charge in [0.05, 0.1) is 9.90 Å². The number of anilines is 1. The van der Waals surface area contributed by atoms with Crippen LogP contribution < -0.4 is 11.1 Å². The molecule has 1 amide bonds. The molecule has 0 bridgehead atoms. The summed E-state index contributed by atoms with van der Waals surface area (Å²) >= 11 is 3.33. The van der Waals surface area contributed by atoms with Crippen molar-refractivity contribution in [2.24, 2.45) is 0 Å². The van der Waals surface area contributed by atoms with Gasteiger partial charge in [0.25, 0.3) is 5.91 Å². The normalized spacial score (nSPS) is 15.1. The van der Waals surface area contributed by atoms with E-state index in [0.29, 0.717) is 16.5 Å². The number of rotatable bonds is 4. The summed E-state index contributed by atoms with van der Waals surface area (Å²) in [5.41, 5.74) is 8.03. The summed E-state index contributed by atoms with van der Waals surface area (Å²) in [5.74, 6) is 1.56. The van der Waals surface area contributed by atoms with Gasteiger partial charge in [0, 0.05) is 12.6 Å². The fraction of sp³-hybridized carbons (Fsp3) is 0.545. The van der Waals surface area contributed by atoms with Gasteiger partial charge in [-0.2, -0.15) is 0 Å². The second kappa shape index (κ2) is 4.67. The topological polar surface area (TPSA) is 55.1 Å². The molecule has 0 aromatic carbocycles. The molecule has 0 radical (unpaired) electrons. The van der Waals surface area contributed by atoms with Gasteiger partial charge in [-0.25, -0.2) is 0 Å². The van der Waals surface area contributed by atoms with Crippen molar-refractivity contribution in [2.45, 2.75) is 29.9 Å². The van der Waals surface area contributed by atoms with E-state index in [1.54, 1.807) is 18.8 Å². The van der Waals surface area contributed by atoms with Crippen molar-refractivity contribution in [3.63, 3.8) is 0 Å². The molecule has 1 aliphatic carbocycles. The summed E-state index contributed by atoms with van der Waals surface area (Å²) in [6, 6.07) is 0. The predicted molar refractivity (Wildman–Crippen MR) is 70.5 cm³/mol. The molecule has 1 aliphatic rings. The molecule has 3 nitrogen and oxygen atoms in total. The lowest BCUT2D eigenvalue weighted by Gasteiger charge is -2.01. The third-order valence-corrected chi connectivity index (χ3v) is 5.03. The van der Waals surface area contributed by atoms with Crippen LogP contribution in [0.2, 0.25) is 0 Å². The molecule has 16 heavy (non-hydrogen) atoms. The van der Waals surface area contributed by atoms with Crippen LogP contribution in [0.4, 0.5) is 5.69 Å². The van der Waals surface area contributed by atoms with E-state index < -0.39 is 0 Å². The van der Waals surface area contributed by atoms with E-state index in [9.17, 15) is 4.79 Å². The molecule has 88 valence electrons. The molecule has 1 heterocycles. The minimum absolute atomic E-state index is 0.0626. The van der Waals surface area contributed by atoms with Crippen LogP contribution in [-0.2, 0) is 0 Å². The maximum atomic E-state index is 11.7. The fourth-order valence-electron chi connectivity index (χ4n) is 1.71. The van der Waals surface area contributed by atoms with Gasteiger partial charge < -0.3 is 11.1 Å². The predicted octanol–water partition coefficient (Wildman–Crippen LogP) is 2.68. The minimum Gasteiger partial charge on any atom is -0.397 e. The Hall–Kier alpha value is -0.680. The summed E-state index contributed by atoms with van der Waals surface area (Å²) in [5, 5.41) is 2.65. The maximum absolute atomic E-state index is 11.7. The summed E-state index contributed by atoms with van der Waals surface area (Å²) in [7, 11) is 1.64. The first-order valence-electron chi connectivity index (χ1n) is 5.46. The standard InChI is InChI=1S/C11H16N2OS2/c1-3-15-11-7(6-4-5-6)8(12)9(16-11)10(14)13-2/h6H,3-5,12H2,1-2H3,(H,13,14). The molecular weight excluding hydrogens is 240 g/mol. The van der Waals surface area contributed by atoms with Crippen LogP contribution >= 0.6 is 23.1 Å². The third kappa shape index (κ3) is 2.06. The molecule has 0 spiro atoms. The lowest BCUT2D eigenvalue weighted by atomic mass is 10.1. The highest BCUT2D eigenvalue weighted by Crippen LogP contribution is 2.51. The number of nitrogens with two attached hydrogens (primary N) is 1. The lowest BCUT2D eigenvalue weighted by Crippen LogP contribution is -2.17. The van der Waals surface area contributed by atoms with Crippen LogP contribution in [0.5, 0.6) is 0 Å². The molecule has 1 aromatic heterocycles. The Balaban J connectivity index is 2.40. The molecule has 0 unspecified atom stereocenters. The van der Waals surface area contributed by atoms with Crippen molar-refractivity contribution in [1.29, 1.82) is 0 Å². The zero-order valence-corrected chi connectivity index (χ0v) is 11.1. The van der Waals surface area contributed by atoms with Gasteiger partial charge in [0.15, 0.2) is 0 Å². The average molecular weight is 256 g/mol. The summed E-state index contributed by atoms with van der Waals surface area (Å²) < 4.78 is 1.24. The van der Waals surface area contributed by atoms with Crippen molar-refractivity contribution in [1.82, 2.24) is 5.32 Å². The number of hydrogen-bond acceptors (Lipinski definition) is 4. The van der Waals surface area contributed by atoms with E-state index in [0.717, 1.165) is 5.75 Å². The van der Waals surface area contributed by atoms with Crippen LogP contribution in [0.3, 0.4) is 0 Å². The van der Waals surface area contributed by atoms with Crippen LogP contribution in [0.15, 0.2) is 4.21 Å². The molecule has 0 aliphatic heterocycles. The number of amides is 1. The molecule has 0 atom stereocenters. The quantitative estimate of drug-likeness (QED) is 0.814. The van der Waals surface area contributed by atoms with Crippen molar-refractivity contribution in [3.05, 3.63) is 10.4 Å². The Labute approximate surface area is 104 Å². The van der Waals surface area contributed by atoms with Gasteiger partial charge in [-0.1, -0.05) is 6.92 Å². The monoisotopic (exact) mass is 256 g/mol. The average Bonchev–Trinajstić information content (AvgIpc) is 3.04. The summed E-state index contributed by atoms with van der Waals surface area (Å²) in [6.07, 6.45) is 2.43. The van der Waals surface area contributed by atoms with Gasteiger partial charge in [0.2, 0.25) is 0 Å². The van der Waals surface area contributed by atoms with Crippen molar-refractivity contribution in [3.8, 4) is 0 Å². The molecule has 5 heteroatoms. The maximum Gasteiger partial charge on any atom is 0.263 e. The van der Waals surface area contributed by atoms with Crippen LogP contribution in [-0.4, -0.2) is 18.7 Å². The van der Waals surface area contributed by atoms with E-state index >= 15 is 0 Å². The van der Waals surface area contributed by atoms with E-state index in [2.05, 4.69) is 12.2 Å². The number of thioether (sulfide) groups is 1. The van der Waals surface area contributed by atoms with Gasteiger partial charge in [0.1, 0.15) is 4.88 Å². The zero-order chi connectivity index (χ0) is 11.7. The van der Waals surface area contributed by atoms with Gasteiger partial charge in [-0.3, -0.25) is 4.79 Å². The number of nitrogens with one attached hydrogen (secondary N) is 1. The summed E-state index contributed by atoms with van der Waals surface area (Å²) in [6.45, 7) is 2.12. The molecule has 1 aromatic rings. The number of nitrogen functional groups attached to an aromatic ring is 1. The number of carbonyl (C=O) groups is 1. The molecular formula is C11H16N2OS2. The highest BCUT2D eigenvalue weighted by Gasteiger charge is 2.32. The van der Waals surface area contributed by atoms with E-state index in [4.69, 9.17) is 5.73 Å². The highest BCUT2D eigenvalue weighted by molar-refractivity contribution is 8.01. The van der Waals surface area contributed by atoms with Crippen LogP contribution in [0.25, 0.3) is 0 Å². The Bertz CT molecular complexity index is 410. The largest absolute Gasteiger partial charge is 0.397 e.